The molecule has 1 aromatic rings. The Bertz CT molecular complexity index is 701. The molecule has 0 aliphatic heterocycles. The Morgan fingerprint density at radius 3 is 1.34 bits per heavy atom. The average molecular weight is 443 g/mol. The standard InChI is InChI=1S/C28H42O4/c1-17(2)23-13-7-19(5)15-25(23)31-27(29)21-9-11-22(12-10-21)28(30)32-26-16-20(6)8-14-24(26)18(3)4/h9-12,17-20,23-26H,7-8,13-16H2,1-6H3/t19-,20-,23+,24+,25-,26+/m0/s1. The van der Waals surface area contributed by atoms with Gasteiger partial charge in [0.15, 0.2) is 0 Å². The molecular weight excluding hydrogens is 400 g/mol. The number of carbonyl (C=O) groups is 2. The Labute approximate surface area is 194 Å². The van der Waals surface area contributed by atoms with E-state index >= 15 is 0 Å². The second kappa shape index (κ2) is 10.9. The lowest BCUT2D eigenvalue weighted by molar-refractivity contribution is -0.0185. The predicted octanol–water partition coefficient (Wildman–Crippen LogP) is 6.92. The van der Waals surface area contributed by atoms with Crippen molar-refractivity contribution in [3.05, 3.63) is 35.4 Å². The van der Waals surface area contributed by atoms with Crippen molar-refractivity contribution in [1.82, 2.24) is 0 Å². The zero-order valence-corrected chi connectivity index (χ0v) is 20.8. The second-order valence-electron chi connectivity index (χ2n) is 11.1. The van der Waals surface area contributed by atoms with E-state index in [2.05, 4.69) is 41.5 Å². The van der Waals surface area contributed by atoms with Gasteiger partial charge in [0.05, 0.1) is 11.1 Å². The van der Waals surface area contributed by atoms with Crippen LogP contribution in [0.4, 0.5) is 0 Å². The van der Waals surface area contributed by atoms with E-state index in [9.17, 15) is 9.59 Å². The molecule has 0 saturated heterocycles. The number of hydrogen-bond donors (Lipinski definition) is 0. The molecule has 0 heterocycles. The molecule has 32 heavy (non-hydrogen) atoms. The second-order valence-corrected chi connectivity index (χ2v) is 11.1. The zero-order valence-electron chi connectivity index (χ0n) is 20.8. The minimum absolute atomic E-state index is 0.0304. The van der Waals surface area contributed by atoms with Crippen molar-refractivity contribution in [3.8, 4) is 0 Å². The Balaban J connectivity index is 1.62. The van der Waals surface area contributed by atoms with Crippen molar-refractivity contribution >= 4 is 11.9 Å². The van der Waals surface area contributed by atoms with Crippen LogP contribution in [0.25, 0.3) is 0 Å². The number of rotatable bonds is 6. The molecule has 2 aliphatic rings. The van der Waals surface area contributed by atoms with E-state index < -0.39 is 0 Å². The van der Waals surface area contributed by atoms with Gasteiger partial charge in [-0.05, 0) is 85.5 Å². The first-order valence-corrected chi connectivity index (χ1v) is 12.7. The van der Waals surface area contributed by atoms with Gasteiger partial charge >= 0.3 is 11.9 Å². The topological polar surface area (TPSA) is 52.6 Å². The summed E-state index contributed by atoms with van der Waals surface area (Å²) in [6.07, 6.45) is 6.41. The van der Waals surface area contributed by atoms with E-state index in [0.717, 1.165) is 25.7 Å². The minimum Gasteiger partial charge on any atom is -0.458 e. The van der Waals surface area contributed by atoms with Crippen LogP contribution in [0.5, 0.6) is 0 Å². The maximum atomic E-state index is 12.8. The monoisotopic (exact) mass is 442 g/mol. The molecule has 3 rings (SSSR count). The Kier molecular flexibility index (Phi) is 8.41. The first-order valence-electron chi connectivity index (χ1n) is 12.7. The van der Waals surface area contributed by atoms with Crippen LogP contribution in [-0.4, -0.2) is 24.1 Å². The first kappa shape index (κ1) is 24.8. The Morgan fingerprint density at radius 2 is 1.03 bits per heavy atom. The van der Waals surface area contributed by atoms with Gasteiger partial charge in [-0.1, -0.05) is 54.4 Å². The van der Waals surface area contributed by atoms with Crippen molar-refractivity contribution in [2.24, 2.45) is 35.5 Å². The van der Waals surface area contributed by atoms with Crippen LogP contribution >= 0.6 is 0 Å². The first-order chi connectivity index (χ1) is 15.2. The highest BCUT2D eigenvalue weighted by Gasteiger charge is 2.35. The largest absolute Gasteiger partial charge is 0.458 e. The van der Waals surface area contributed by atoms with Crippen molar-refractivity contribution in [1.29, 1.82) is 0 Å². The molecule has 178 valence electrons. The molecule has 2 fully saturated rings. The van der Waals surface area contributed by atoms with Crippen LogP contribution in [0.2, 0.25) is 0 Å². The Hall–Kier alpha value is -1.84. The quantitative estimate of drug-likeness (QED) is 0.449. The van der Waals surface area contributed by atoms with E-state index in [4.69, 9.17) is 9.47 Å². The molecule has 0 aromatic heterocycles. The van der Waals surface area contributed by atoms with E-state index in [1.807, 2.05) is 0 Å². The molecular formula is C28H42O4. The molecule has 0 bridgehead atoms. The fourth-order valence-corrected chi connectivity index (χ4v) is 5.65. The minimum atomic E-state index is -0.296. The molecule has 0 amide bonds. The van der Waals surface area contributed by atoms with Gasteiger partial charge in [0, 0.05) is 0 Å². The molecule has 0 unspecified atom stereocenters. The van der Waals surface area contributed by atoms with E-state index in [0.29, 0.717) is 46.6 Å². The highest BCUT2D eigenvalue weighted by molar-refractivity contribution is 5.93. The van der Waals surface area contributed by atoms with Crippen LogP contribution in [0.15, 0.2) is 24.3 Å². The fourth-order valence-electron chi connectivity index (χ4n) is 5.65. The lowest BCUT2D eigenvalue weighted by atomic mass is 9.75. The smallest absolute Gasteiger partial charge is 0.338 e. The third-order valence-corrected chi connectivity index (χ3v) is 7.80. The SMILES string of the molecule is CC(C)[C@H]1CC[C@H](C)C[C@@H]1OC(=O)c1ccc(C(=O)O[C@@H]2C[C@@H](C)CC[C@@H]2C(C)C)cc1. The molecule has 0 spiro atoms. The molecule has 0 N–H and O–H groups in total. The average Bonchev–Trinajstić information content (AvgIpc) is 2.73. The highest BCUT2D eigenvalue weighted by atomic mass is 16.5. The molecule has 2 aliphatic carbocycles. The van der Waals surface area contributed by atoms with E-state index in [-0.39, 0.29) is 24.1 Å². The molecule has 4 heteroatoms. The predicted molar refractivity (Wildman–Crippen MR) is 128 cm³/mol. The summed E-state index contributed by atoms with van der Waals surface area (Å²) < 4.78 is 11.9. The van der Waals surface area contributed by atoms with Gasteiger partial charge in [0.2, 0.25) is 0 Å². The van der Waals surface area contributed by atoms with Gasteiger partial charge in [-0.2, -0.15) is 0 Å². The van der Waals surface area contributed by atoms with E-state index in [1.54, 1.807) is 24.3 Å². The van der Waals surface area contributed by atoms with E-state index in [1.165, 1.54) is 12.8 Å². The maximum absolute atomic E-state index is 12.8. The summed E-state index contributed by atoms with van der Waals surface area (Å²) in [4.78, 5) is 25.6. The summed E-state index contributed by atoms with van der Waals surface area (Å²) in [6.45, 7) is 13.3. The summed E-state index contributed by atoms with van der Waals surface area (Å²) >= 11 is 0. The van der Waals surface area contributed by atoms with Gasteiger partial charge in [-0.3, -0.25) is 0 Å². The normalized spacial score (nSPS) is 30.9. The van der Waals surface area contributed by atoms with Crippen LogP contribution < -0.4 is 0 Å². The number of esters is 2. The Morgan fingerprint density at radius 1 is 0.688 bits per heavy atom. The van der Waals surface area contributed by atoms with Gasteiger partial charge in [-0.25, -0.2) is 9.59 Å². The van der Waals surface area contributed by atoms with Crippen molar-refractivity contribution in [2.45, 2.75) is 92.3 Å². The molecule has 0 radical (unpaired) electrons. The third kappa shape index (κ3) is 6.14. The van der Waals surface area contributed by atoms with Crippen LogP contribution in [-0.2, 0) is 9.47 Å². The number of ether oxygens (including phenoxy) is 2. The molecule has 2 saturated carbocycles. The number of benzene rings is 1. The molecule has 1 aromatic carbocycles. The third-order valence-electron chi connectivity index (χ3n) is 7.80. The van der Waals surface area contributed by atoms with Crippen LogP contribution in [0, 0.1) is 35.5 Å². The summed E-state index contributed by atoms with van der Waals surface area (Å²) in [5, 5.41) is 0. The summed E-state index contributed by atoms with van der Waals surface area (Å²) in [6, 6.07) is 6.77. The van der Waals surface area contributed by atoms with Crippen LogP contribution in [0.1, 0.15) is 101 Å². The summed E-state index contributed by atoms with van der Waals surface area (Å²) in [5.74, 6) is 2.39. The highest BCUT2D eigenvalue weighted by Crippen LogP contribution is 2.37. The van der Waals surface area contributed by atoms with Gasteiger partial charge in [-0.15, -0.1) is 0 Å². The van der Waals surface area contributed by atoms with Gasteiger partial charge in [0.25, 0.3) is 0 Å². The van der Waals surface area contributed by atoms with Crippen molar-refractivity contribution in [3.63, 3.8) is 0 Å². The van der Waals surface area contributed by atoms with Crippen LogP contribution in [0.3, 0.4) is 0 Å². The van der Waals surface area contributed by atoms with Gasteiger partial charge in [0.1, 0.15) is 12.2 Å². The summed E-state index contributed by atoms with van der Waals surface area (Å²) in [5.41, 5.74) is 0.988. The fraction of sp³-hybridized carbons (Fsp3) is 0.714. The molecule has 6 atom stereocenters. The maximum Gasteiger partial charge on any atom is 0.338 e. The lowest BCUT2D eigenvalue weighted by Gasteiger charge is -2.36. The van der Waals surface area contributed by atoms with Crippen molar-refractivity contribution in [2.75, 3.05) is 0 Å². The zero-order chi connectivity index (χ0) is 23.4. The number of hydrogen-bond acceptors (Lipinski definition) is 4. The molecule has 4 nitrogen and oxygen atoms in total. The number of carbonyl (C=O) groups excluding carboxylic acids is 2. The summed E-state index contributed by atoms with van der Waals surface area (Å²) in [7, 11) is 0. The van der Waals surface area contributed by atoms with Gasteiger partial charge < -0.3 is 9.47 Å². The lowest BCUT2D eigenvalue weighted by Crippen LogP contribution is -2.36. The van der Waals surface area contributed by atoms with Crippen molar-refractivity contribution < 1.29 is 19.1 Å².